The van der Waals surface area contributed by atoms with E-state index in [-0.39, 0.29) is 5.91 Å². The lowest BCUT2D eigenvalue weighted by Gasteiger charge is -2.07. The standard InChI is InChI=1S/C24H25N5O2/c1-28-14-13-25-22(28)11-12-26-24(30)21-17-29(16-18-7-4-3-5-8-18)27-23(21)19-9-6-10-20(15-19)31-2/h3-10,13-15,17H,11-12,16H2,1-2H3,(H,26,30). The number of rotatable bonds is 8. The van der Waals surface area contributed by atoms with Crippen molar-refractivity contribution in [2.75, 3.05) is 13.7 Å². The number of methoxy groups -OCH3 is 1. The van der Waals surface area contributed by atoms with Crippen molar-refractivity contribution in [1.29, 1.82) is 0 Å². The fourth-order valence-corrected chi connectivity index (χ4v) is 3.44. The lowest BCUT2D eigenvalue weighted by Crippen LogP contribution is -2.26. The monoisotopic (exact) mass is 415 g/mol. The van der Waals surface area contributed by atoms with E-state index in [4.69, 9.17) is 9.84 Å². The van der Waals surface area contributed by atoms with Crippen LogP contribution in [0.15, 0.2) is 73.2 Å². The molecule has 0 fully saturated rings. The largest absolute Gasteiger partial charge is 0.497 e. The van der Waals surface area contributed by atoms with Crippen molar-refractivity contribution >= 4 is 5.91 Å². The first-order valence-electron chi connectivity index (χ1n) is 10.1. The number of aromatic nitrogens is 4. The Morgan fingerprint density at radius 3 is 2.71 bits per heavy atom. The molecule has 0 spiro atoms. The van der Waals surface area contributed by atoms with Crippen molar-refractivity contribution in [3.63, 3.8) is 0 Å². The summed E-state index contributed by atoms with van der Waals surface area (Å²) in [5, 5.41) is 7.73. The van der Waals surface area contributed by atoms with E-state index < -0.39 is 0 Å². The molecular formula is C24H25N5O2. The predicted octanol–water partition coefficient (Wildman–Crippen LogP) is 3.31. The van der Waals surface area contributed by atoms with Gasteiger partial charge in [0.15, 0.2) is 0 Å². The minimum absolute atomic E-state index is 0.161. The molecule has 0 atom stereocenters. The molecule has 2 aromatic heterocycles. The highest BCUT2D eigenvalue weighted by Gasteiger charge is 2.18. The molecule has 1 amide bonds. The van der Waals surface area contributed by atoms with Gasteiger partial charge in [0.2, 0.25) is 0 Å². The van der Waals surface area contributed by atoms with Crippen LogP contribution >= 0.6 is 0 Å². The zero-order valence-corrected chi connectivity index (χ0v) is 17.7. The summed E-state index contributed by atoms with van der Waals surface area (Å²) in [5.74, 6) is 1.48. The molecule has 7 nitrogen and oxygen atoms in total. The lowest BCUT2D eigenvalue weighted by atomic mass is 10.1. The van der Waals surface area contributed by atoms with E-state index in [2.05, 4.69) is 10.3 Å². The average molecular weight is 415 g/mol. The first kappa shape index (κ1) is 20.4. The van der Waals surface area contributed by atoms with Crippen molar-refractivity contribution < 1.29 is 9.53 Å². The number of aryl methyl sites for hydroxylation is 1. The van der Waals surface area contributed by atoms with E-state index in [1.165, 1.54) is 0 Å². The topological polar surface area (TPSA) is 74.0 Å². The molecule has 0 aliphatic carbocycles. The number of carbonyl (C=O) groups is 1. The summed E-state index contributed by atoms with van der Waals surface area (Å²) in [6.07, 6.45) is 6.11. The second-order valence-corrected chi connectivity index (χ2v) is 7.27. The fraction of sp³-hybridized carbons (Fsp3) is 0.208. The minimum atomic E-state index is -0.161. The number of imidazole rings is 1. The van der Waals surface area contributed by atoms with Crippen molar-refractivity contribution in [2.45, 2.75) is 13.0 Å². The Bertz CT molecular complexity index is 1160. The Morgan fingerprint density at radius 1 is 1.13 bits per heavy atom. The average Bonchev–Trinajstić information content (AvgIpc) is 3.40. The van der Waals surface area contributed by atoms with Crippen molar-refractivity contribution in [1.82, 2.24) is 24.6 Å². The molecular weight excluding hydrogens is 390 g/mol. The summed E-state index contributed by atoms with van der Waals surface area (Å²) in [6.45, 7) is 1.07. The van der Waals surface area contributed by atoms with Crippen LogP contribution in [0.5, 0.6) is 5.75 Å². The summed E-state index contributed by atoms with van der Waals surface area (Å²) >= 11 is 0. The number of ether oxygens (including phenoxy) is 1. The van der Waals surface area contributed by atoms with Crippen LogP contribution in [-0.2, 0) is 20.0 Å². The summed E-state index contributed by atoms with van der Waals surface area (Å²) < 4.78 is 9.11. The maximum Gasteiger partial charge on any atom is 0.255 e. The summed E-state index contributed by atoms with van der Waals surface area (Å²) in [6, 6.07) is 17.6. The molecule has 7 heteroatoms. The van der Waals surface area contributed by atoms with Gasteiger partial charge in [-0.05, 0) is 17.7 Å². The molecule has 4 aromatic rings. The Labute approximate surface area is 181 Å². The van der Waals surface area contributed by atoms with Gasteiger partial charge >= 0.3 is 0 Å². The predicted molar refractivity (Wildman–Crippen MR) is 119 cm³/mol. The van der Waals surface area contributed by atoms with Crippen LogP contribution in [0.4, 0.5) is 0 Å². The van der Waals surface area contributed by atoms with Crippen LogP contribution in [0.1, 0.15) is 21.7 Å². The Morgan fingerprint density at radius 2 is 1.97 bits per heavy atom. The number of hydrogen-bond donors (Lipinski definition) is 1. The molecule has 0 radical (unpaired) electrons. The van der Waals surface area contributed by atoms with Crippen LogP contribution < -0.4 is 10.1 Å². The van der Waals surface area contributed by atoms with E-state index in [0.29, 0.717) is 30.8 Å². The fourth-order valence-electron chi connectivity index (χ4n) is 3.44. The van der Waals surface area contributed by atoms with Gasteiger partial charge in [0.1, 0.15) is 17.3 Å². The Hall–Kier alpha value is -3.87. The van der Waals surface area contributed by atoms with Gasteiger partial charge in [-0.3, -0.25) is 9.48 Å². The van der Waals surface area contributed by atoms with Gasteiger partial charge in [-0.2, -0.15) is 5.10 Å². The lowest BCUT2D eigenvalue weighted by molar-refractivity contribution is 0.0954. The van der Waals surface area contributed by atoms with E-state index >= 15 is 0 Å². The van der Waals surface area contributed by atoms with Crippen molar-refractivity contribution in [2.24, 2.45) is 7.05 Å². The van der Waals surface area contributed by atoms with Crippen LogP contribution in [0, 0.1) is 0 Å². The maximum absolute atomic E-state index is 13.0. The van der Waals surface area contributed by atoms with Gasteiger partial charge in [-0.1, -0.05) is 42.5 Å². The Balaban J connectivity index is 1.59. The minimum Gasteiger partial charge on any atom is -0.497 e. The molecule has 1 N–H and O–H groups in total. The van der Waals surface area contributed by atoms with Crippen LogP contribution in [0.3, 0.4) is 0 Å². The van der Waals surface area contributed by atoms with Crippen LogP contribution in [0.2, 0.25) is 0 Å². The summed E-state index contributed by atoms with van der Waals surface area (Å²) in [4.78, 5) is 17.4. The molecule has 0 saturated carbocycles. The van der Waals surface area contributed by atoms with Crippen LogP contribution in [0.25, 0.3) is 11.3 Å². The normalized spacial score (nSPS) is 10.8. The van der Waals surface area contributed by atoms with Gasteiger partial charge in [-0.25, -0.2) is 4.98 Å². The molecule has 0 bridgehead atoms. The number of benzene rings is 2. The second-order valence-electron chi connectivity index (χ2n) is 7.27. The van der Waals surface area contributed by atoms with Crippen molar-refractivity contribution in [3.05, 3.63) is 90.1 Å². The zero-order valence-electron chi connectivity index (χ0n) is 17.7. The first-order valence-corrected chi connectivity index (χ1v) is 10.1. The van der Waals surface area contributed by atoms with Crippen LogP contribution in [-0.4, -0.2) is 38.9 Å². The van der Waals surface area contributed by atoms with Gasteiger partial charge in [0, 0.05) is 44.2 Å². The molecule has 0 aliphatic rings. The maximum atomic E-state index is 13.0. The molecule has 158 valence electrons. The van der Waals surface area contributed by atoms with Gasteiger partial charge in [-0.15, -0.1) is 0 Å². The quantitative estimate of drug-likeness (QED) is 0.479. The summed E-state index contributed by atoms with van der Waals surface area (Å²) in [5.41, 5.74) is 3.11. The SMILES string of the molecule is COc1cccc(-c2nn(Cc3ccccc3)cc2C(=O)NCCc2nccn2C)c1. The number of amides is 1. The summed E-state index contributed by atoms with van der Waals surface area (Å²) in [7, 11) is 3.57. The number of hydrogen-bond acceptors (Lipinski definition) is 4. The number of carbonyl (C=O) groups excluding carboxylic acids is 1. The van der Waals surface area contributed by atoms with Gasteiger partial charge < -0.3 is 14.6 Å². The molecule has 31 heavy (non-hydrogen) atoms. The first-order chi connectivity index (χ1) is 15.1. The van der Waals surface area contributed by atoms with E-state index in [9.17, 15) is 4.79 Å². The zero-order chi connectivity index (χ0) is 21.6. The van der Waals surface area contributed by atoms with E-state index in [1.807, 2.05) is 72.4 Å². The second kappa shape index (κ2) is 9.30. The smallest absolute Gasteiger partial charge is 0.255 e. The highest BCUT2D eigenvalue weighted by molar-refractivity contribution is 5.99. The van der Waals surface area contributed by atoms with E-state index in [1.54, 1.807) is 24.2 Å². The Kier molecular flexibility index (Phi) is 6.12. The van der Waals surface area contributed by atoms with Gasteiger partial charge in [0.25, 0.3) is 5.91 Å². The highest BCUT2D eigenvalue weighted by Crippen LogP contribution is 2.26. The molecule has 2 aromatic carbocycles. The number of nitrogens with zero attached hydrogens (tertiary/aromatic N) is 4. The highest BCUT2D eigenvalue weighted by atomic mass is 16.5. The van der Waals surface area contributed by atoms with Crippen molar-refractivity contribution in [3.8, 4) is 17.0 Å². The third-order valence-electron chi connectivity index (χ3n) is 5.09. The van der Waals surface area contributed by atoms with E-state index in [0.717, 1.165) is 22.7 Å². The molecule has 0 saturated heterocycles. The molecule has 4 rings (SSSR count). The molecule has 0 unspecified atom stereocenters. The number of nitrogens with one attached hydrogen (secondary N) is 1. The third-order valence-corrected chi connectivity index (χ3v) is 5.09. The van der Waals surface area contributed by atoms with Gasteiger partial charge in [0.05, 0.1) is 19.2 Å². The molecule has 0 aliphatic heterocycles. The third kappa shape index (κ3) is 4.83. The molecule has 2 heterocycles.